The number of nitrogens with two attached hydrogens (primary N) is 1. The van der Waals surface area contributed by atoms with Crippen LogP contribution in [-0.4, -0.2) is 78.6 Å². The van der Waals surface area contributed by atoms with Crippen LogP contribution in [0.15, 0.2) is 48.5 Å². The summed E-state index contributed by atoms with van der Waals surface area (Å²) in [5, 5.41) is 17.1. The van der Waals surface area contributed by atoms with Gasteiger partial charge < -0.3 is 45.7 Å². The van der Waals surface area contributed by atoms with Crippen molar-refractivity contribution < 1.29 is 42.0 Å². The Morgan fingerprint density at radius 1 is 0.814 bits per heavy atom. The van der Waals surface area contributed by atoms with Crippen LogP contribution in [0.3, 0.4) is 0 Å². The SMILES string of the molecule is NCc1ccc(CNc2nc(Nc3ccc(CNC(=O)OCCOCCOCCO)cc3)nc(OCC(F)(F)F)n2)cc1. The first-order chi connectivity index (χ1) is 20.7. The van der Waals surface area contributed by atoms with Crippen molar-refractivity contribution in [3.8, 4) is 6.01 Å². The normalized spacial score (nSPS) is 11.2. The van der Waals surface area contributed by atoms with Crippen molar-refractivity contribution in [2.75, 3.05) is 56.9 Å². The number of anilines is 3. The Hall–Kier alpha value is -4.25. The van der Waals surface area contributed by atoms with Crippen LogP contribution < -0.4 is 26.4 Å². The smallest absolute Gasteiger partial charge is 0.422 e. The van der Waals surface area contributed by atoms with Crippen molar-refractivity contribution in [1.82, 2.24) is 20.3 Å². The molecular weight excluding hydrogens is 575 g/mol. The lowest BCUT2D eigenvalue weighted by Gasteiger charge is -2.12. The summed E-state index contributed by atoms with van der Waals surface area (Å²) in [6.45, 7) is 0.430. The number of carbonyl (C=O) groups excluding carboxylic acids is 1. The minimum atomic E-state index is -4.57. The molecule has 0 aliphatic carbocycles. The minimum Gasteiger partial charge on any atom is -0.454 e. The fourth-order valence-electron chi connectivity index (χ4n) is 3.32. The van der Waals surface area contributed by atoms with E-state index in [2.05, 4.69) is 30.9 Å². The third-order valence-electron chi connectivity index (χ3n) is 5.40. The second-order valence-electron chi connectivity index (χ2n) is 8.80. The Morgan fingerprint density at radius 3 is 2.09 bits per heavy atom. The Morgan fingerprint density at radius 2 is 1.42 bits per heavy atom. The van der Waals surface area contributed by atoms with Gasteiger partial charge >= 0.3 is 18.3 Å². The maximum absolute atomic E-state index is 12.7. The molecule has 1 amide bonds. The lowest BCUT2D eigenvalue weighted by atomic mass is 10.1. The lowest BCUT2D eigenvalue weighted by molar-refractivity contribution is -0.154. The van der Waals surface area contributed by atoms with E-state index in [1.807, 2.05) is 24.3 Å². The second kappa shape index (κ2) is 17.6. The Balaban J connectivity index is 1.52. The topological polar surface area (TPSA) is 175 Å². The van der Waals surface area contributed by atoms with E-state index in [0.717, 1.165) is 16.7 Å². The number of rotatable bonds is 18. The number of halogens is 3. The molecule has 0 saturated heterocycles. The van der Waals surface area contributed by atoms with Gasteiger partial charge in [0.1, 0.15) is 6.61 Å². The van der Waals surface area contributed by atoms with Gasteiger partial charge in [-0.15, -0.1) is 0 Å². The molecule has 0 saturated carbocycles. The zero-order chi connectivity index (χ0) is 30.9. The number of aliphatic hydroxyl groups is 1. The highest BCUT2D eigenvalue weighted by atomic mass is 19.4. The summed E-state index contributed by atoms with van der Waals surface area (Å²) in [5.41, 5.74) is 8.74. The van der Waals surface area contributed by atoms with Crippen LogP contribution >= 0.6 is 0 Å². The van der Waals surface area contributed by atoms with Gasteiger partial charge in [-0.05, 0) is 28.8 Å². The number of carbonyl (C=O) groups is 1. The van der Waals surface area contributed by atoms with E-state index in [4.69, 9.17) is 29.8 Å². The molecule has 0 fully saturated rings. The van der Waals surface area contributed by atoms with E-state index in [9.17, 15) is 18.0 Å². The van der Waals surface area contributed by atoms with Gasteiger partial charge in [0.2, 0.25) is 11.9 Å². The van der Waals surface area contributed by atoms with Crippen molar-refractivity contribution >= 4 is 23.7 Å². The summed E-state index contributed by atoms with van der Waals surface area (Å²) in [4.78, 5) is 24.0. The van der Waals surface area contributed by atoms with Crippen molar-refractivity contribution in [3.63, 3.8) is 0 Å². The number of alkyl carbamates (subject to hydrolysis) is 1. The van der Waals surface area contributed by atoms with E-state index in [0.29, 0.717) is 32.0 Å². The minimum absolute atomic E-state index is 0.0114. The molecular formula is C27H34F3N7O6. The molecule has 43 heavy (non-hydrogen) atoms. The summed E-state index contributed by atoms with van der Waals surface area (Å²) < 4.78 is 58.2. The van der Waals surface area contributed by atoms with Crippen molar-refractivity contribution in [2.45, 2.75) is 25.8 Å². The molecule has 6 N–H and O–H groups in total. The fraction of sp³-hybridized carbons (Fsp3) is 0.407. The fourth-order valence-corrected chi connectivity index (χ4v) is 3.32. The monoisotopic (exact) mass is 609 g/mol. The van der Waals surface area contributed by atoms with Crippen LogP contribution in [0.4, 0.5) is 35.5 Å². The number of ether oxygens (including phenoxy) is 4. The summed E-state index contributed by atoms with van der Waals surface area (Å²) >= 11 is 0. The largest absolute Gasteiger partial charge is 0.454 e. The standard InChI is InChI=1S/C27H34F3N7O6/c28-27(29,30)18-43-25-36-23(32-16-20-3-1-19(15-31)2-4-20)35-24(37-25)34-22-7-5-21(6-8-22)17-33-26(39)42-14-13-41-12-11-40-10-9-38/h1-8,38H,9-18,31H2,(H,33,39)(H2,32,34,35,36,37). The van der Waals surface area contributed by atoms with Crippen LogP contribution in [0.1, 0.15) is 16.7 Å². The zero-order valence-electron chi connectivity index (χ0n) is 23.2. The number of amides is 1. The number of alkyl halides is 3. The predicted molar refractivity (Wildman–Crippen MR) is 150 cm³/mol. The van der Waals surface area contributed by atoms with Crippen molar-refractivity contribution in [2.24, 2.45) is 5.73 Å². The highest BCUT2D eigenvalue weighted by molar-refractivity contribution is 5.67. The predicted octanol–water partition coefficient (Wildman–Crippen LogP) is 2.88. The molecule has 0 unspecified atom stereocenters. The van der Waals surface area contributed by atoms with Crippen LogP contribution in [0, 0.1) is 0 Å². The van der Waals surface area contributed by atoms with Gasteiger partial charge in [-0.3, -0.25) is 0 Å². The summed E-state index contributed by atoms with van der Waals surface area (Å²) in [6, 6.07) is 13.8. The molecule has 0 radical (unpaired) electrons. The number of aromatic nitrogens is 3. The van der Waals surface area contributed by atoms with Gasteiger partial charge in [-0.1, -0.05) is 36.4 Å². The van der Waals surface area contributed by atoms with Crippen LogP contribution in [0.5, 0.6) is 6.01 Å². The highest BCUT2D eigenvalue weighted by Crippen LogP contribution is 2.20. The first kappa shape index (κ1) is 33.3. The average Bonchev–Trinajstić information content (AvgIpc) is 3.00. The number of hydrogen-bond donors (Lipinski definition) is 5. The second-order valence-corrected chi connectivity index (χ2v) is 8.80. The summed E-state index contributed by atoms with van der Waals surface area (Å²) in [5.74, 6) is -0.0258. The maximum Gasteiger partial charge on any atom is 0.422 e. The van der Waals surface area contributed by atoms with Gasteiger partial charge in [0, 0.05) is 25.3 Å². The van der Waals surface area contributed by atoms with Crippen LogP contribution in [0.25, 0.3) is 0 Å². The summed E-state index contributed by atoms with van der Waals surface area (Å²) in [7, 11) is 0. The van der Waals surface area contributed by atoms with Crippen LogP contribution in [-0.2, 0) is 33.8 Å². The van der Waals surface area contributed by atoms with Crippen molar-refractivity contribution in [3.05, 3.63) is 65.2 Å². The number of benzene rings is 2. The van der Waals surface area contributed by atoms with E-state index in [-0.39, 0.29) is 44.9 Å². The maximum atomic E-state index is 12.7. The van der Waals surface area contributed by atoms with E-state index in [1.165, 1.54) is 0 Å². The van der Waals surface area contributed by atoms with E-state index >= 15 is 0 Å². The molecule has 0 aliphatic rings. The van der Waals surface area contributed by atoms with Gasteiger partial charge in [-0.2, -0.15) is 28.1 Å². The molecule has 3 aromatic rings. The quantitative estimate of drug-likeness (QED) is 0.134. The van der Waals surface area contributed by atoms with Gasteiger partial charge in [0.25, 0.3) is 0 Å². The number of aliphatic hydroxyl groups excluding tert-OH is 1. The van der Waals surface area contributed by atoms with Crippen molar-refractivity contribution in [1.29, 1.82) is 0 Å². The molecule has 1 aromatic heterocycles. The first-order valence-corrected chi connectivity index (χ1v) is 13.2. The van der Waals surface area contributed by atoms with E-state index in [1.54, 1.807) is 24.3 Å². The molecule has 0 aliphatic heterocycles. The van der Waals surface area contributed by atoms with Gasteiger partial charge in [0.05, 0.1) is 33.0 Å². The molecule has 0 atom stereocenters. The highest BCUT2D eigenvalue weighted by Gasteiger charge is 2.29. The zero-order valence-corrected chi connectivity index (χ0v) is 23.2. The molecule has 16 heteroatoms. The van der Waals surface area contributed by atoms with Crippen LogP contribution in [0.2, 0.25) is 0 Å². The molecule has 234 valence electrons. The third-order valence-corrected chi connectivity index (χ3v) is 5.40. The molecule has 1 heterocycles. The molecule has 3 rings (SSSR count). The van der Waals surface area contributed by atoms with Gasteiger partial charge in [-0.25, -0.2) is 4.79 Å². The average molecular weight is 610 g/mol. The molecule has 0 bridgehead atoms. The Kier molecular flexibility index (Phi) is 13.6. The Bertz CT molecular complexity index is 1250. The molecule has 13 nitrogen and oxygen atoms in total. The van der Waals surface area contributed by atoms with Gasteiger partial charge in [0.15, 0.2) is 6.61 Å². The molecule has 0 spiro atoms. The lowest BCUT2D eigenvalue weighted by Crippen LogP contribution is -2.25. The summed E-state index contributed by atoms with van der Waals surface area (Å²) in [6.07, 6.45) is -5.19. The van der Waals surface area contributed by atoms with E-state index < -0.39 is 24.9 Å². The number of nitrogens with zero attached hydrogens (tertiary/aromatic N) is 3. The third kappa shape index (κ3) is 13.5. The Labute approximate surface area is 245 Å². The first-order valence-electron chi connectivity index (χ1n) is 13.2. The number of nitrogens with one attached hydrogen (secondary N) is 3. The molecule has 2 aromatic carbocycles. The number of hydrogen-bond acceptors (Lipinski definition) is 12.